The van der Waals surface area contributed by atoms with Gasteiger partial charge in [-0.2, -0.15) is 0 Å². The molecule has 80 valence electrons. The fraction of sp³-hybridized carbons (Fsp3) is 0.364. The second-order valence-electron chi connectivity index (χ2n) is 4.01. The average Bonchev–Trinajstić information content (AvgIpc) is 2.55. The van der Waals surface area contributed by atoms with E-state index in [2.05, 4.69) is 28.7 Å². The maximum absolute atomic E-state index is 11.1. The standard InChI is InChI=1S/C11H15N3O/c1-7(2)14(3)8-4-5-9-10(6-8)13-11(15)12-9/h4-7H,1-3H3,(H2,12,13,15). The van der Waals surface area contributed by atoms with Crippen LogP contribution in [0.4, 0.5) is 5.69 Å². The maximum atomic E-state index is 11.1. The van der Waals surface area contributed by atoms with E-state index >= 15 is 0 Å². The third kappa shape index (κ3) is 1.75. The highest BCUT2D eigenvalue weighted by molar-refractivity contribution is 5.79. The van der Waals surface area contributed by atoms with Gasteiger partial charge in [-0.15, -0.1) is 0 Å². The second-order valence-corrected chi connectivity index (χ2v) is 4.01. The Morgan fingerprint density at radius 1 is 1.20 bits per heavy atom. The Bertz CT molecular complexity index is 524. The summed E-state index contributed by atoms with van der Waals surface area (Å²) in [5, 5.41) is 0. The predicted octanol–water partition coefficient (Wildman–Crippen LogP) is 1.70. The molecule has 1 aromatic carbocycles. The molecule has 2 N–H and O–H groups in total. The predicted molar refractivity (Wildman–Crippen MR) is 62.5 cm³/mol. The van der Waals surface area contributed by atoms with Crippen LogP contribution in [0, 0.1) is 0 Å². The van der Waals surface area contributed by atoms with Crippen molar-refractivity contribution in [3.63, 3.8) is 0 Å². The molecule has 0 bridgehead atoms. The first-order chi connectivity index (χ1) is 7.08. The van der Waals surface area contributed by atoms with E-state index in [1.807, 2.05) is 25.2 Å². The van der Waals surface area contributed by atoms with Gasteiger partial charge in [-0.3, -0.25) is 0 Å². The normalized spacial score (nSPS) is 11.2. The van der Waals surface area contributed by atoms with Crippen molar-refractivity contribution in [2.75, 3.05) is 11.9 Å². The van der Waals surface area contributed by atoms with E-state index in [0.717, 1.165) is 16.7 Å². The van der Waals surface area contributed by atoms with Crippen molar-refractivity contribution in [1.82, 2.24) is 9.97 Å². The van der Waals surface area contributed by atoms with Crippen molar-refractivity contribution in [1.29, 1.82) is 0 Å². The Balaban J connectivity index is 2.50. The van der Waals surface area contributed by atoms with E-state index in [-0.39, 0.29) is 5.69 Å². The highest BCUT2D eigenvalue weighted by Crippen LogP contribution is 2.19. The van der Waals surface area contributed by atoms with E-state index < -0.39 is 0 Å². The number of aromatic nitrogens is 2. The zero-order valence-electron chi connectivity index (χ0n) is 9.16. The van der Waals surface area contributed by atoms with Gasteiger partial charge in [0.2, 0.25) is 0 Å². The summed E-state index contributed by atoms with van der Waals surface area (Å²) in [4.78, 5) is 18.7. The lowest BCUT2D eigenvalue weighted by molar-refractivity contribution is 0.755. The number of anilines is 1. The summed E-state index contributed by atoms with van der Waals surface area (Å²) in [6, 6.07) is 6.34. The summed E-state index contributed by atoms with van der Waals surface area (Å²) in [6.45, 7) is 4.26. The van der Waals surface area contributed by atoms with Gasteiger partial charge in [-0.25, -0.2) is 4.79 Å². The molecule has 0 fully saturated rings. The number of imidazole rings is 1. The molecule has 4 heteroatoms. The van der Waals surface area contributed by atoms with Crippen LogP contribution in [0.2, 0.25) is 0 Å². The van der Waals surface area contributed by atoms with E-state index in [1.54, 1.807) is 0 Å². The number of aromatic amines is 2. The number of rotatable bonds is 2. The topological polar surface area (TPSA) is 51.9 Å². The highest BCUT2D eigenvalue weighted by atomic mass is 16.1. The Labute approximate surface area is 87.9 Å². The SMILES string of the molecule is CC(C)N(C)c1ccc2[nH]c(=O)[nH]c2c1. The molecule has 0 aliphatic rings. The van der Waals surface area contributed by atoms with Crippen LogP contribution in [-0.4, -0.2) is 23.1 Å². The fourth-order valence-corrected chi connectivity index (χ4v) is 1.54. The quantitative estimate of drug-likeness (QED) is 0.784. The van der Waals surface area contributed by atoms with Crippen LogP contribution < -0.4 is 10.6 Å². The van der Waals surface area contributed by atoms with Crippen LogP contribution in [0.1, 0.15) is 13.8 Å². The molecule has 0 spiro atoms. The largest absolute Gasteiger partial charge is 0.372 e. The Morgan fingerprint density at radius 3 is 2.53 bits per heavy atom. The van der Waals surface area contributed by atoms with Crippen LogP contribution in [0.25, 0.3) is 11.0 Å². The third-order valence-corrected chi connectivity index (χ3v) is 2.68. The zero-order valence-corrected chi connectivity index (χ0v) is 9.16. The molecule has 0 aliphatic heterocycles. The van der Waals surface area contributed by atoms with E-state index in [4.69, 9.17) is 0 Å². The number of H-pyrrole nitrogens is 2. The summed E-state index contributed by atoms with van der Waals surface area (Å²) >= 11 is 0. The molecule has 4 nitrogen and oxygen atoms in total. The molecule has 1 aromatic heterocycles. The molecule has 1 heterocycles. The lowest BCUT2D eigenvalue weighted by Gasteiger charge is -2.23. The molecule has 0 unspecified atom stereocenters. The average molecular weight is 205 g/mol. The molecule has 0 saturated carbocycles. The number of benzene rings is 1. The first kappa shape index (κ1) is 9.83. The number of nitrogens with one attached hydrogen (secondary N) is 2. The summed E-state index contributed by atoms with van der Waals surface area (Å²) < 4.78 is 0. The summed E-state index contributed by atoms with van der Waals surface area (Å²) in [5.41, 5.74) is 2.65. The van der Waals surface area contributed by atoms with Crippen molar-refractivity contribution in [3.8, 4) is 0 Å². The third-order valence-electron chi connectivity index (χ3n) is 2.68. The lowest BCUT2D eigenvalue weighted by atomic mass is 10.2. The van der Waals surface area contributed by atoms with E-state index in [1.165, 1.54) is 0 Å². The lowest BCUT2D eigenvalue weighted by Crippen LogP contribution is -2.25. The van der Waals surface area contributed by atoms with Crippen molar-refractivity contribution in [2.24, 2.45) is 0 Å². The fourth-order valence-electron chi connectivity index (χ4n) is 1.54. The van der Waals surface area contributed by atoms with E-state index in [9.17, 15) is 4.79 Å². The molecular formula is C11H15N3O. The van der Waals surface area contributed by atoms with Gasteiger partial charge in [0.25, 0.3) is 0 Å². The minimum Gasteiger partial charge on any atom is -0.372 e. The van der Waals surface area contributed by atoms with Gasteiger partial charge in [0, 0.05) is 18.8 Å². The van der Waals surface area contributed by atoms with Crippen LogP contribution in [0.3, 0.4) is 0 Å². The van der Waals surface area contributed by atoms with Gasteiger partial charge in [-0.05, 0) is 32.0 Å². The van der Waals surface area contributed by atoms with Crippen molar-refractivity contribution in [3.05, 3.63) is 28.7 Å². The first-order valence-electron chi connectivity index (χ1n) is 5.03. The maximum Gasteiger partial charge on any atom is 0.323 e. The van der Waals surface area contributed by atoms with Crippen LogP contribution >= 0.6 is 0 Å². The minimum absolute atomic E-state index is 0.158. The van der Waals surface area contributed by atoms with Crippen LogP contribution in [0.15, 0.2) is 23.0 Å². The molecule has 0 atom stereocenters. The summed E-state index contributed by atoms with van der Waals surface area (Å²) in [7, 11) is 2.04. The first-order valence-corrected chi connectivity index (χ1v) is 5.03. The number of hydrogen-bond acceptors (Lipinski definition) is 2. The van der Waals surface area contributed by atoms with Gasteiger partial charge in [0.1, 0.15) is 0 Å². The number of hydrogen-bond donors (Lipinski definition) is 2. The monoisotopic (exact) mass is 205 g/mol. The van der Waals surface area contributed by atoms with Gasteiger partial charge in [-0.1, -0.05) is 0 Å². The van der Waals surface area contributed by atoms with Crippen molar-refractivity contribution < 1.29 is 0 Å². The molecule has 0 aliphatic carbocycles. The highest BCUT2D eigenvalue weighted by Gasteiger charge is 2.06. The van der Waals surface area contributed by atoms with Gasteiger partial charge in [0.15, 0.2) is 0 Å². The molecule has 2 rings (SSSR count). The minimum atomic E-state index is -0.158. The zero-order chi connectivity index (χ0) is 11.0. The van der Waals surface area contributed by atoms with Crippen molar-refractivity contribution >= 4 is 16.7 Å². The molecule has 0 saturated heterocycles. The summed E-state index contributed by atoms with van der Waals surface area (Å²) in [5.74, 6) is 0. The van der Waals surface area contributed by atoms with Gasteiger partial charge in [0.05, 0.1) is 11.0 Å². The molecule has 2 aromatic rings. The number of fused-ring (bicyclic) bond motifs is 1. The van der Waals surface area contributed by atoms with Crippen LogP contribution in [0.5, 0.6) is 0 Å². The van der Waals surface area contributed by atoms with Gasteiger partial charge >= 0.3 is 5.69 Å². The van der Waals surface area contributed by atoms with E-state index in [0.29, 0.717) is 6.04 Å². The van der Waals surface area contributed by atoms with Crippen molar-refractivity contribution in [2.45, 2.75) is 19.9 Å². The molecule has 0 amide bonds. The molecular weight excluding hydrogens is 190 g/mol. The summed E-state index contributed by atoms with van der Waals surface area (Å²) in [6.07, 6.45) is 0. The molecule has 15 heavy (non-hydrogen) atoms. The second kappa shape index (κ2) is 3.46. The number of nitrogens with zero attached hydrogens (tertiary/aromatic N) is 1. The van der Waals surface area contributed by atoms with Crippen LogP contribution in [-0.2, 0) is 0 Å². The smallest absolute Gasteiger partial charge is 0.323 e. The van der Waals surface area contributed by atoms with Gasteiger partial charge < -0.3 is 14.9 Å². The Hall–Kier alpha value is -1.71. The Kier molecular flexibility index (Phi) is 2.26. The Morgan fingerprint density at radius 2 is 1.87 bits per heavy atom. The molecule has 0 radical (unpaired) electrons.